The molecule has 0 aliphatic heterocycles. The fourth-order valence-electron chi connectivity index (χ4n) is 2.96. The summed E-state index contributed by atoms with van der Waals surface area (Å²) in [7, 11) is 1.53. The first kappa shape index (κ1) is 22.5. The van der Waals surface area contributed by atoms with Crippen molar-refractivity contribution in [2.24, 2.45) is 0 Å². The second-order valence-corrected chi connectivity index (χ2v) is 6.53. The van der Waals surface area contributed by atoms with E-state index in [1.54, 1.807) is 24.4 Å². The number of aliphatic hydroxyl groups is 2. The van der Waals surface area contributed by atoms with E-state index in [1.807, 2.05) is 12.1 Å². The van der Waals surface area contributed by atoms with Crippen LogP contribution in [0.25, 0.3) is 11.6 Å². The molecule has 1 atom stereocenters. The van der Waals surface area contributed by atoms with Crippen molar-refractivity contribution in [3.8, 4) is 5.75 Å². The molecule has 1 aromatic carbocycles. The highest BCUT2D eigenvalue weighted by Crippen LogP contribution is 2.26. The van der Waals surface area contributed by atoms with Gasteiger partial charge >= 0.3 is 0 Å². The van der Waals surface area contributed by atoms with E-state index in [0.717, 1.165) is 5.57 Å². The van der Waals surface area contributed by atoms with Gasteiger partial charge in [-0.1, -0.05) is 24.8 Å². The minimum absolute atomic E-state index is 0.217. The monoisotopic (exact) mass is 399 g/mol. The summed E-state index contributed by atoms with van der Waals surface area (Å²) in [5.74, 6) is -1.12. The fraction of sp³-hybridized carbons (Fsp3) is 0.261. The van der Waals surface area contributed by atoms with Gasteiger partial charge in [0, 0.05) is 13.3 Å². The summed E-state index contributed by atoms with van der Waals surface area (Å²) in [6.45, 7) is 3.93. The number of rotatable bonds is 10. The number of benzene rings is 1. The van der Waals surface area contributed by atoms with Crippen LogP contribution in [0.15, 0.2) is 66.4 Å². The Morgan fingerprint density at radius 3 is 2.72 bits per heavy atom. The van der Waals surface area contributed by atoms with Gasteiger partial charge in [-0.3, -0.25) is 4.98 Å². The molecule has 0 saturated heterocycles. The maximum absolute atomic E-state index is 13.7. The van der Waals surface area contributed by atoms with Crippen LogP contribution in [0.4, 0.5) is 4.39 Å². The van der Waals surface area contributed by atoms with E-state index in [1.165, 1.54) is 25.3 Å². The molecule has 6 heteroatoms. The summed E-state index contributed by atoms with van der Waals surface area (Å²) in [5, 5.41) is 29.3. The molecule has 1 heterocycles. The van der Waals surface area contributed by atoms with Crippen LogP contribution in [0.3, 0.4) is 0 Å². The average Bonchev–Trinajstić information content (AvgIpc) is 2.72. The van der Waals surface area contributed by atoms with Gasteiger partial charge in [0.1, 0.15) is 0 Å². The first-order chi connectivity index (χ1) is 14.0. The number of methoxy groups -OCH3 is 1. The Balaban J connectivity index is 2.26. The van der Waals surface area contributed by atoms with Gasteiger partial charge in [-0.05, 0) is 65.5 Å². The normalized spacial score (nSPS) is 13.4. The molecule has 0 aliphatic carbocycles. The van der Waals surface area contributed by atoms with Crippen molar-refractivity contribution in [1.29, 1.82) is 0 Å². The molecule has 0 radical (unpaired) electrons. The lowest BCUT2D eigenvalue weighted by Gasteiger charge is -2.18. The van der Waals surface area contributed by atoms with E-state index in [0.29, 0.717) is 35.2 Å². The number of phenolic OH excluding ortho intramolecular Hbond substituents is 1. The van der Waals surface area contributed by atoms with Crippen molar-refractivity contribution < 1.29 is 24.4 Å². The Labute approximate surface area is 170 Å². The topological polar surface area (TPSA) is 82.8 Å². The molecule has 1 unspecified atom stereocenters. The zero-order chi connectivity index (χ0) is 21.2. The molecule has 0 amide bonds. The van der Waals surface area contributed by atoms with Crippen LogP contribution in [0.2, 0.25) is 0 Å². The van der Waals surface area contributed by atoms with Gasteiger partial charge in [-0.15, -0.1) is 0 Å². The predicted octanol–water partition coefficient (Wildman–Crippen LogP) is 3.73. The minimum atomic E-state index is -0.853. The molecule has 3 N–H and O–H groups in total. The largest absolute Gasteiger partial charge is 0.505 e. The summed E-state index contributed by atoms with van der Waals surface area (Å²) in [6.07, 6.45) is 4.90. The standard InChI is InChI=1S/C23H26FNO4/c1-16(15-29-2)19(10-12-26)22(27)9-7-18(21-5-3-4-11-25-21)13-17-6-8-23(28)20(24)14-17/h3-6,8,10-11,13-14,22,26-28H,1,7,9,12,15H2,2H3/b18-13-,19-10-. The molecule has 0 spiro atoms. The molecular weight excluding hydrogens is 373 g/mol. The third-order valence-electron chi connectivity index (χ3n) is 4.39. The van der Waals surface area contributed by atoms with Crippen LogP contribution in [0.1, 0.15) is 24.1 Å². The van der Waals surface area contributed by atoms with Crippen molar-refractivity contribution in [2.45, 2.75) is 18.9 Å². The van der Waals surface area contributed by atoms with Crippen molar-refractivity contribution in [1.82, 2.24) is 4.98 Å². The summed E-state index contributed by atoms with van der Waals surface area (Å²) in [5.41, 5.74) is 3.21. The maximum atomic E-state index is 13.7. The van der Waals surface area contributed by atoms with Gasteiger partial charge in [-0.2, -0.15) is 0 Å². The highest BCUT2D eigenvalue weighted by atomic mass is 19.1. The molecule has 5 nitrogen and oxygen atoms in total. The number of phenols is 1. The number of nitrogens with zero attached hydrogens (tertiary/aromatic N) is 1. The zero-order valence-corrected chi connectivity index (χ0v) is 16.4. The highest BCUT2D eigenvalue weighted by molar-refractivity contribution is 5.80. The first-order valence-corrected chi connectivity index (χ1v) is 9.22. The summed E-state index contributed by atoms with van der Waals surface area (Å²) in [6, 6.07) is 9.63. The molecule has 2 aromatic rings. The van der Waals surface area contributed by atoms with Gasteiger partial charge in [0.2, 0.25) is 0 Å². The van der Waals surface area contributed by atoms with E-state index >= 15 is 0 Å². The second-order valence-electron chi connectivity index (χ2n) is 6.53. The van der Waals surface area contributed by atoms with E-state index in [9.17, 15) is 19.7 Å². The van der Waals surface area contributed by atoms with Crippen molar-refractivity contribution in [3.05, 3.63) is 83.5 Å². The minimum Gasteiger partial charge on any atom is -0.505 e. The number of halogens is 1. The summed E-state index contributed by atoms with van der Waals surface area (Å²) < 4.78 is 18.8. The molecule has 154 valence electrons. The molecule has 2 rings (SSSR count). The van der Waals surface area contributed by atoms with Crippen molar-refractivity contribution >= 4 is 11.6 Å². The first-order valence-electron chi connectivity index (χ1n) is 9.22. The highest BCUT2D eigenvalue weighted by Gasteiger charge is 2.16. The number of pyridine rings is 1. The average molecular weight is 399 g/mol. The number of aliphatic hydroxyl groups excluding tert-OH is 2. The Morgan fingerprint density at radius 2 is 2.10 bits per heavy atom. The lowest BCUT2D eigenvalue weighted by molar-refractivity contribution is 0.191. The van der Waals surface area contributed by atoms with Crippen LogP contribution in [-0.4, -0.2) is 46.7 Å². The molecule has 0 bridgehead atoms. The third-order valence-corrected chi connectivity index (χ3v) is 4.39. The number of allylic oxidation sites excluding steroid dienone is 1. The van der Waals surface area contributed by atoms with Crippen LogP contribution in [0, 0.1) is 5.82 Å². The van der Waals surface area contributed by atoms with E-state index in [2.05, 4.69) is 11.6 Å². The van der Waals surface area contributed by atoms with Crippen molar-refractivity contribution in [3.63, 3.8) is 0 Å². The smallest absolute Gasteiger partial charge is 0.165 e. The van der Waals surface area contributed by atoms with E-state index in [-0.39, 0.29) is 13.2 Å². The SMILES string of the molecule is C=C(COC)/C(=C/CO)C(O)CC/C(=C/c1ccc(O)c(F)c1)c1ccccn1. The Morgan fingerprint density at radius 1 is 1.31 bits per heavy atom. The Hall–Kier alpha value is -2.80. The lowest BCUT2D eigenvalue weighted by atomic mass is 9.94. The van der Waals surface area contributed by atoms with Crippen LogP contribution in [0.5, 0.6) is 5.75 Å². The quantitative estimate of drug-likeness (QED) is 0.530. The molecule has 0 saturated carbocycles. The van der Waals surface area contributed by atoms with Gasteiger partial charge in [0.05, 0.1) is 25.0 Å². The number of aromatic nitrogens is 1. The van der Waals surface area contributed by atoms with E-state index in [4.69, 9.17) is 4.74 Å². The maximum Gasteiger partial charge on any atom is 0.165 e. The van der Waals surface area contributed by atoms with Gasteiger partial charge < -0.3 is 20.1 Å². The second kappa shape index (κ2) is 11.3. The van der Waals surface area contributed by atoms with Crippen molar-refractivity contribution in [2.75, 3.05) is 20.3 Å². The summed E-state index contributed by atoms with van der Waals surface area (Å²) in [4.78, 5) is 4.35. The molecular formula is C23H26FNO4. The third kappa shape index (κ3) is 6.64. The van der Waals surface area contributed by atoms with Gasteiger partial charge in [-0.25, -0.2) is 4.39 Å². The van der Waals surface area contributed by atoms with E-state index < -0.39 is 17.7 Å². The number of aromatic hydroxyl groups is 1. The number of hydrogen-bond acceptors (Lipinski definition) is 5. The van der Waals surface area contributed by atoms with Crippen LogP contribution < -0.4 is 0 Å². The van der Waals surface area contributed by atoms with Gasteiger partial charge in [0.25, 0.3) is 0 Å². The predicted molar refractivity (Wildman–Crippen MR) is 112 cm³/mol. The van der Waals surface area contributed by atoms with Gasteiger partial charge in [0.15, 0.2) is 11.6 Å². The van der Waals surface area contributed by atoms with Crippen LogP contribution in [-0.2, 0) is 4.74 Å². The molecule has 29 heavy (non-hydrogen) atoms. The molecule has 0 aliphatic rings. The Bertz CT molecular complexity index is 878. The molecule has 0 fully saturated rings. The zero-order valence-electron chi connectivity index (χ0n) is 16.4. The summed E-state index contributed by atoms with van der Waals surface area (Å²) >= 11 is 0. The Kier molecular flexibility index (Phi) is 8.73. The number of ether oxygens (including phenoxy) is 1. The fourth-order valence-corrected chi connectivity index (χ4v) is 2.96. The van der Waals surface area contributed by atoms with Crippen LogP contribution >= 0.6 is 0 Å². The molecule has 1 aromatic heterocycles. The lowest BCUT2D eigenvalue weighted by Crippen LogP contribution is -2.15. The number of hydrogen-bond donors (Lipinski definition) is 3.